The molecule has 5 unspecified atom stereocenters. The Balaban J connectivity index is 1.17. The Morgan fingerprint density at radius 3 is 2.43 bits per heavy atom. The summed E-state index contributed by atoms with van der Waals surface area (Å²) in [5, 5.41) is 0. The fourth-order valence-corrected chi connectivity index (χ4v) is 7.57. The predicted octanol–water partition coefficient (Wildman–Crippen LogP) is 5.75. The van der Waals surface area contributed by atoms with Gasteiger partial charge in [-0.3, -0.25) is 9.69 Å². The van der Waals surface area contributed by atoms with Crippen molar-refractivity contribution < 1.29 is 9.53 Å². The normalized spacial score (nSPS) is 34.2. The minimum absolute atomic E-state index is 0.00589. The molecule has 5 nitrogen and oxygen atoms in total. The first kappa shape index (κ1) is 25.0. The Bertz CT molecular complexity index is 905. The van der Waals surface area contributed by atoms with Gasteiger partial charge in [0.25, 0.3) is 0 Å². The Morgan fingerprint density at radius 1 is 1.00 bits per heavy atom. The van der Waals surface area contributed by atoms with Crippen molar-refractivity contribution in [2.45, 2.75) is 79.1 Å². The largest absolute Gasteiger partial charge is 0.466 e. The summed E-state index contributed by atoms with van der Waals surface area (Å²) in [5.41, 5.74) is 2.25. The molecule has 0 N–H and O–H groups in total. The summed E-state index contributed by atoms with van der Waals surface area (Å²) in [5.74, 6) is 4.05. The van der Waals surface area contributed by atoms with Gasteiger partial charge in [-0.1, -0.05) is 33.8 Å². The SMILES string of the molecule is CCOC(=O)C1CC1CN1CCN(c2cccc(C3CCC4C(C3)C(C)(C)CCC4(C)C)n2)CC1. The number of nitrogens with zero attached hydrogens (tertiary/aromatic N) is 3. The third-order valence-electron chi connectivity index (χ3n) is 10.1. The zero-order valence-corrected chi connectivity index (χ0v) is 22.8. The molecule has 3 aliphatic carbocycles. The molecule has 4 fully saturated rings. The van der Waals surface area contributed by atoms with Crippen molar-refractivity contribution in [1.82, 2.24) is 9.88 Å². The van der Waals surface area contributed by atoms with Crippen LogP contribution in [0.15, 0.2) is 18.2 Å². The zero-order valence-electron chi connectivity index (χ0n) is 22.8. The molecule has 0 bridgehead atoms. The molecule has 35 heavy (non-hydrogen) atoms. The minimum Gasteiger partial charge on any atom is -0.466 e. The molecule has 4 aliphatic rings. The first-order valence-electron chi connectivity index (χ1n) is 14.3. The Morgan fingerprint density at radius 2 is 1.71 bits per heavy atom. The van der Waals surface area contributed by atoms with E-state index < -0.39 is 0 Å². The lowest BCUT2D eigenvalue weighted by Gasteiger charge is -2.56. The summed E-state index contributed by atoms with van der Waals surface area (Å²) in [6.07, 6.45) is 7.66. The Hall–Kier alpha value is -1.62. The van der Waals surface area contributed by atoms with Gasteiger partial charge in [-0.25, -0.2) is 4.98 Å². The van der Waals surface area contributed by atoms with Crippen LogP contribution in [0.4, 0.5) is 5.82 Å². The van der Waals surface area contributed by atoms with Crippen molar-refractivity contribution in [2.24, 2.45) is 34.5 Å². The molecule has 1 aliphatic heterocycles. The summed E-state index contributed by atoms with van der Waals surface area (Å²) in [6, 6.07) is 6.73. The minimum atomic E-state index is 0.00589. The Kier molecular flexibility index (Phi) is 6.93. The van der Waals surface area contributed by atoms with Crippen LogP contribution < -0.4 is 4.90 Å². The van der Waals surface area contributed by atoms with E-state index in [-0.39, 0.29) is 11.9 Å². The van der Waals surface area contributed by atoms with Crippen LogP contribution in [0.1, 0.15) is 84.8 Å². The second kappa shape index (κ2) is 9.68. The van der Waals surface area contributed by atoms with Crippen LogP contribution in [0.2, 0.25) is 0 Å². The number of carbonyl (C=O) groups is 1. The number of anilines is 1. The molecule has 2 heterocycles. The number of aromatic nitrogens is 1. The molecule has 0 radical (unpaired) electrons. The van der Waals surface area contributed by atoms with E-state index in [0.717, 1.165) is 56.8 Å². The van der Waals surface area contributed by atoms with E-state index in [2.05, 4.69) is 55.7 Å². The number of ether oxygens (including phenoxy) is 1. The van der Waals surface area contributed by atoms with Crippen LogP contribution in [-0.2, 0) is 9.53 Å². The van der Waals surface area contributed by atoms with E-state index in [4.69, 9.17) is 9.72 Å². The highest BCUT2D eigenvalue weighted by atomic mass is 16.5. The van der Waals surface area contributed by atoms with Gasteiger partial charge < -0.3 is 9.64 Å². The van der Waals surface area contributed by atoms with Crippen molar-refractivity contribution >= 4 is 11.8 Å². The molecule has 0 aromatic carbocycles. The fourth-order valence-electron chi connectivity index (χ4n) is 7.57. The summed E-state index contributed by atoms with van der Waals surface area (Å²) >= 11 is 0. The molecule has 5 atom stereocenters. The number of fused-ring (bicyclic) bond motifs is 1. The number of pyridine rings is 1. The van der Waals surface area contributed by atoms with Gasteiger partial charge in [-0.15, -0.1) is 0 Å². The molecule has 5 rings (SSSR count). The quantitative estimate of drug-likeness (QED) is 0.484. The highest BCUT2D eigenvalue weighted by Crippen LogP contribution is 2.59. The van der Waals surface area contributed by atoms with Crippen LogP contribution in [-0.4, -0.2) is 55.2 Å². The van der Waals surface area contributed by atoms with Crippen molar-refractivity contribution in [3.05, 3.63) is 23.9 Å². The molecule has 194 valence electrons. The third kappa shape index (κ3) is 5.26. The molecule has 3 saturated carbocycles. The zero-order chi connectivity index (χ0) is 24.8. The van der Waals surface area contributed by atoms with Gasteiger partial charge in [0.1, 0.15) is 5.82 Å². The van der Waals surface area contributed by atoms with Crippen LogP contribution in [0.3, 0.4) is 0 Å². The van der Waals surface area contributed by atoms with Gasteiger partial charge in [0.2, 0.25) is 0 Å². The fraction of sp³-hybridized carbons (Fsp3) is 0.800. The second-order valence-corrected chi connectivity index (χ2v) is 13.3. The lowest BCUT2D eigenvalue weighted by molar-refractivity contribution is -0.145. The van der Waals surface area contributed by atoms with E-state index in [1.807, 2.05) is 6.92 Å². The topological polar surface area (TPSA) is 45.7 Å². The molecule has 1 aromatic heterocycles. The maximum atomic E-state index is 11.9. The average molecular weight is 482 g/mol. The van der Waals surface area contributed by atoms with E-state index >= 15 is 0 Å². The van der Waals surface area contributed by atoms with E-state index in [9.17, 15) is 4.79 Å². The number of esters is 1. The molecule has 1 saturated heterocycles. The molecule has 1 aromatic rings. The first-order chi connectivity index (χ1) is 16.7. The average Bonchev–Trinajstić information content (AvgIpc) is 3.62. The smallest absolute Gasteiger partial charge is 0.309 e. The maximum absolute atomic E-state index is 11.9. The molecule has 0 spiro atoms. The van der Waals surface area contributed by atoms with E-state index in [0.29, 0.717) is 29.3 Å². The Labute approximate surface area is 213 Å². The summed E-state index contributed by atoms with van der Waals surface area (Å²) in [4.78, 5) is 22.2. The second-order valence-electron chi connectivity index (χ2n) is 13.3. The summed E-state index contributed by atoms with van der Waals surface area (Å²) in [6.45, 7) is 17.6. The number of piperazine rings is 1. The van der Waals surface area contributed by atoms with Gasteiger partial charge in [0, 0.05) is 44.3 Å². The number of carbonyl (C=O) groups excluding carboxylic acids is 1. The van der Waals surface area contributed by atoms with Crippen LogP contribution in [0.25, 0.3) is 0 Å². The van der Waals surface area contributed by atoms with Gasteiger partial charge in [-0.05, 0) is 86.2 Å². The van der Waals surface area contributed by atoms with Crippen LogP contribution in [0.5, 0.6) is 0 Å². The third-order valence-corrected chi connectivity index (χ3v) is 10.1. The van der Waals surface area contributed by atoms with Crippen molar-refractivity contribution in [3.8, 4) is 0 Å². The first-order valence-corrected chi connectivity index (χ1v) is 14.3. The van der Waals surface area contributed by atoms with Gasteiger partial charge >= 0.3 is 5.97 Å². The molecular weight excluding hydrogens is 434 g/mol. The van der Waals surface area contributed by atoms with Gasteiger partial charge in [0.05, 0.1) is 12.5 Å². The van der Waals surface area contributed by atoms with Crippen LogP contribution >= 0.6 is 0 Å². The lowest BCUT2D eigenvalue weighted by atomic mass is 9.49. The van der Waals surface area contributed by atoms with Crippen molar-refractivity contribution in [1.29, 1.82) is 0 Å². The van der Waals surface area contributed by atoms with E-state index in [1.54, 1.807) is 0 Å². The van der Waals surface area contributed by atoms with Crippen molar-refractivity contribution in [2.75, 3.05) is 44.2 Å². The van der Waals surface area contributed by atoms with Crippen molar-refractivity contribution in [3.63, 3.8) is 0 Å². The van der Waals surface area contributed by atoms with Gasteiger partial charge in [-0.2, -0.15) is 0 Å². The van der Waals surface area contributed by atoms with E-state index in [1.165, 1.54) is 37.8 Å². The lowest BCUT2D eigenvalue weighted by Crippen LogP contribution is -2.47. The molecular formula is C30H47N3O2. The van der Waals surface area contributed by atoms with Crippen LogP contribution in [0, 0.1) is 34.5 Å². The number of hydrogen-bond acceptors (Lipinski definition) is 5. The summed E-state index contributed by atoms with van der Waals surface area (Å²) < 4.78 is 5.20. The highest BCUT2D eigenvalue weighted by molar-refractivity contribution is 5.75. The predicted molar refractivity (Wildman–Crippen MR) is 141 cm³/mol. The molecule has 5 heteroatoms. The molecule has 0 amide bonds. The highest BCUT2D eigenvalue weighted by Gasteiger charge is 2.50. The summed E-state index contributed by atoms with van der Waals surface area (Å²) in [7, 11) is 0. The van der Waals surface area contributed by atoms with Gasteiger partial charge in [0.15, 0.2) is 0 Å². The number of rotatable bonds is 6. The maximum Gasteiger partial charge on any atom is 0.309 e. The number of hydrogen-bond donors (Lipinski definition) is 0. The monoisotopic (exact) mass is 481 g/mol. The standard InChI is InChI=1S/C30H47N3O2/c1-6-35-28(34)23-18-22(23)20-32-14-16-33(17-15-32)27-9-7-8-26(31-27)21-10-11-24-25(19-21)30(4,5)13-12-29(24,2)3/h7-9,21-25H,6,10-20H2,1-5H3.